The molecule has 0 aliphatic rings. The zero-order valence-electron chi connectivity index (χ0n) is 25.6. The number of halogens is 2. The summed E-state index contributed by atoms with van der Waals surface area (Å²) in [5.41, 5.74) is 4.24. The van der Waals surface area contributed by atoms with Gasteiger partial charge in [0.15, 0.2) is 0 Å². The van der Waals surface area contributed by atoms with Crippen LogP contribution in [0.5, 0.6) is 23.0 Å². The van der Waals surface area contributed by atoms with Crippen molar-refractivity contribution in [3.05, 3.63) is 166 Å². The first-order chi connectivity index (χ1) is 23.3. The molecule has 6 rings (SSSR count). The molecule has 0 bridgehead atoms. The Bertz CT molecular complexity index is 2100. The van der Waals surface area contributed by atoms with Crippen LogP contribution >= 0.6 is 23.2 Å². The number of rotatable bonds is 10. The minimum absolute atomic E-state index is 0.283. The number of nitrogens with one attached hydrogen (secondary N) is 2. The van der Waals surface area contributed by atoms with Gasteiger partial charge in [0.25, 0.3) is 11.8 Å². The van der Waals surface area contributed by atoms with Crippen LogP contribution in [0.1, 0.15) is 37.7 Å². The lowest BCUT2D eigenvalue weighted by Gasteiger charge is -2.13. The summed E-state index contributed by atoms with van der Waals surface area (Å²) in [7, 11) is 0. The number of hydrogen-bond acceptors (Lipinski definition) is 6. The van der Waals surface area contributed by atoms with E-state index in [-0.39, 0.29) is 11.8 Å². The van der Waals surface area contributed by atoms with Gasteiger partial charge >= 0.3 is 0 Å². The van der Waals surface area contributed by atoms with Gasteiger partial charge in [-0.3, -0.25) is 19.6 Å². The Morgan fingerprint density at radius 1 is 0.667 bits per heavy atom. The molecule has 0 radical (unpaired) electrons. The molecule has 2 heterocycles. The largest absolute Gasteiger partial charge is 0.456 e. The predicted molar refractivity (Wildman–Crippen MR) is 188 cm³/mol. The highest BCUT2D eigenvalue weighted by atomic mass is 35.5. The van der Waals surface area contributed by atoms with E-state index >= 15 is 0 Å². The predicted octanol–water partition coefficient (Wildman–Crippen LogP) is 9.77. The lowest BCUT2D eigenvalue weighted by Crippen LogP contribution is -2.14. The van der Waals surface area contributed by atoms with E-state index in [0.717, 1.165) is 17.0 Å². The fraction of sp³-hybridized carbons (Fsp3) is 0.0526. The van der Waals surface area contributed by atoms with Crippen LogP contribution in [0.25, 0.3) is 0 Å². The van der Waals surface area contributed by atoms with Crippen LogP contribution in [-0.2, 0) is 6.42 Å². The maximum absolute atomic E-state index is 13.5. The standard InChI is InChI=1S/C38H28Cl2N4O4/c1-24-36(12-5-17-41-24)48-33-11-4-9-31(22-33)44-38(46)35-20-28(40)14-13-25(35)19-29-15-16-34(23-42-29)47-32-10-3-8-30(21-32)43-37(45)26-6-2-7-27(39)18-26/h2-18,20-23H,19H2,1H3,(H,43,45)(H,44,46). The Morgan fingerprint density at radius 2 is 1.38 bits per heavy atom. The van der Waals surface area contributed by atoms with E-state index in [4.69, 9.17) is 32.7 Å². The van der Waals surface area contributed by atoms with Crippen molar-refractivity contribution in [2.24, 2.45) is 0 Å². The highest BCUT2D eigenvalue weighted by molar-refractivity contribution is 6.31. The number of benzene rings is 4. The Balaban J connectivity index is 1.11. The van der Waals surface area contributed by atoms with Crippen molar-refractivity contribution in [1.29, 1.82) is 0 Å². The second-order valence-electron chi connectivity index (χ2n) is 10.7. The molecule has 0 unspecified atom stereocenters. The van der Waals surface area contributed by atoms with Crippen molar-refractivity contribution in [1.82, 2.24) is 9.97 Å². The van der Waals surface area contributed by atoms with E-state index in [9.17, 15) is 9.59 Å². The van der Waals surface area contributed by atoms with Crippen molar-refractivity contribution in [2.45, 2.75) is 13.3 Å². The van der Waals surface area contributed by atoms with Gasteiger partial charge in [-0.05, 0) is 91.3 Å². The minimum atomic E-state index is -0.315. The number of aryl methyl sites for hydroxylation is 1. The second kappa shape index (κ2) is 14.8. The van der Waals surface area contributed by atoms with E-state index in [1.54, 1.807) is 103 Å². The first-order valence-corrected chi connectivity index (χ1v) is 15.6. The Hall–Kier alpha value is -5.70. The fourth-order valence-electron chi connectivity index (χ4n) is 4.83. The molecule has 2 N–H and O–H groups in total. The molecular weight excluding hydrogens is 647 g/mol. The molecule has 2 aromatic heterocycles. The van der Waals surface area contributed by atoms with Gasteiger partial charge in [0.05, 0.1) is 11.9 Å². The van der Waals surface area contributed by atoms with Crippen LogP contribution in [0.3, 0.4) is 0 Å². The van der Waals surface area contributed by atoms with Crippen molar-refractivity contribution in [3.8, 4) is 23.0 Å². The number of hydrogen-bond donors (Lipinski definition) is 2. The zero-order valence-corrected chi connectivity index (χ0v) is 27.1. The van der Waals surface area contributed by atoms with Gasteiger partial charge in [-0.15, -0.1) is 0 Å². The molecule has 8 nitrogen and oxygen atoms in total. The Morgan fingerprint density at radius 3 is 2.08 bits per heavy atom. The highest BCUT2D eigenvalue weighted by Crippen LogP contribution is 2.28. The third kappa shape index (κ3) is 8.36. The zero-order chi connectivity index (χ0) is 33.5. The molecule has 0 atom stereocenters. The highest BCUT2D eigenvalue weighted by Gasteiger charge is 2.15. The van der Waals surface area contributed by atoms with Gasteiger partial charge in [0, 0.05) is 63.0 Å². The van der Waals surface area contributed by atoms with Gasteiger partial charge in [-0.2, -0.15) is 0 Å². The van der Waals surface area contributed by atoms with Gasteiger partial charge in [-0.1, -0.05) is 47.5 Å². The first-order valence-electron chi connectivity index (χ1n) is 14.9. The number of anilines is 2. The molecule has 4 aromatic carbocycles. The first kappa shape index (κ1) is 32.2. The number of nitrogens with zero attached hydrogens (tertiary/aromatic N) is 2. The van der Waals surface area contributed by atoms with Crippen LogP contribution in [0.15, 0.2) is 128 Å². The Labute approximate surface area is 287 Å². The van der Waals surface area contributed by atoms with Crippen molar-refractivity contribution in [3.63, 3.8) is 0 Å². The number of pyridine rings is 2. The normalized spacial score (nSPS) is 10.6. The molecule has 0 saturated carbocycles. The maximum atomic E-state index is 13.5. The molecule has 2 amide bonds. The van der Waals surface area contributed by atoms with Crippen LogP contribution in [0.4, 0.5) is 11.4 Å². The van der Waals surface area contributed by atoms with Gasteiger partial charge in [-0.25, -0.2) is 0 Å². The van der Waals surface area contributed by atoms with E-state index in [1.807, 2.05) is 31.2 Å². The van der Waals surface area contributed by atoms with Crippen LogP contribution in [-0.4, -0.2) is 21.8 Å². The summed E-state index contributed by atoms with van der Waals surface area (Å²) in [5.74, 6) is 1.63. The maximum Gasteiger partial charge on any atom is 0.256 e. The molecule has 48 heavy (non-hydrogen) atoms. The SMILES string of the molecule is Cc1ncccc1Oc1cccc(NC(=O)c2cc(Cl)ccc2Cc2ccc(Oc3cccc(NC(=O)c4cccc(Cl)c4)c3)cn2)c1. The summed E-state index contributed by atoms with van der Waals surface area (Å²) in [4.78, 5) is 34.9. The average molecular weight is 676 g/mol. The summed E-state index contributed by atoms with van der Waals surface area (Å²) < 4.78 is 12.0. The van der Waals surface area contributed by atoms with Gasteiger partial charge in [0.2, 0.25) is 0 Å². The van der Waals surface area contributed by atoms with Crippen molar-refractivity contribution in [2.75, 3.05) is 10.6 Å². The summed E-state index contributed by atoms with van der Waals surface area (Å²) >= 11 is 12.3. The molecule has 0 aliphatic heterocycles. The van der Waals surface area contributed by atoms with Gasteiger partial charge < -0.3 is 20.1 Å². The molecule has 0 spiro atoms. The van der Waals surface area contributed by atoms with E-state index in [0.29, 0.717) is 62.0 Å². The quantitative estimate of drug-likeness (QED) is 0.150. The summed E-state index contributed by atoms with van der Waals surface area (Å²) in [6.07, 6.45) is 3.69. The lowest BCUT2D eigenvalue weighted by molar-refractivity contribution is 0.101. The van der Waals surface area contributed by atoms with E-state index in [1.165, 1.54) is 0 Å². The second-order valence-corrected chi connectivity index (χ2v) is 11.6. The number of amides is 2. The van der Waals surface area contributed by atoms with Crippen LogP contribution in [0, 0.1) is 6.92 Å². The molecular formula is C38H28Cl2N4O4. The van der Waals surface area contributed by atoms with Crippen molar-refractivity contribution >= 4 is 46.4 Å². The third-order valence-corrected chi connectivity index (χ3v) is 7.65. The topological polar surface area (TPSA) is 102 Å². The Kier molecular flexibility index (Phi) is 9.95. The monoisotopic (exact) mass is 674 g/mol. The van der Waals surface area contributed by atoms with E-state index < -0.39 is 0 Å². The molecule has 0 aliphatic carbocycles. The number of carbonyl (C=O) groups is 2. The number of ether oxygens (including phenoxy) is 2. The molecule has 238 valence electrons. The van der Waals surface area contributed by atoms with E-state index in [2.05, 4.69) is 20.6 Å². The molecule has 0 fully saturated rings. The molecule has 10 heteroatoms. The van der Waals surface area contributed by atoms with Crippen molar-refractivity contribution < 1.29 is 19.1 Å². The minimum Gasteiger partial charge on any atom is -0.456 e. The van der Waals surface area contributed by atoms with Crippen LogP contribution < -0.4 is 20.1 Å². The van der Waals surface area contributed by atoms with Crippen LogP contribution in [0.2, 0.25) is 10.0 Å². The fourth-order valence-corrected chi connectivity index (χ4v) is 5.19. The lowest BCUT2D eigenvalue weighted by atomic mass is 10.0. The third-order valence-electron chi connectivity index (χ3n) is 7.18. The number of carbonyl (C=O) groups excluding carboxylic acids is 2. The molecule has 0 saturated heterocycles. The summed E-state index contributed by atoms with van der Waals surface area (Å²) in [6, 6.07) is 33.4. The number of aromatic nitrogens is 2. The average Bonchev–Trinajstić information content (AvgIpc) is 3.08. The molecule has 6 aromatic rings. The van der Waals surface area contributed by atoms with Gasteiger partial charge in [0.1, 0.15) is 23.0 Å². The smallest absolute Gasteiger partial charge is 0.256 e. The summed E-state index contributed by atoms with van der Waals surface area (Å²) in [5, 5.41) is 6.73. The summed E-state index contributed by atoms with van der Waals surface area (Å²) in [6.45, 7) is 1.86.